The number of methoxy groups -OCH3 is 1. The van der Waals surface area contributed by atoms with E-state index in [0.717, 1.165) is 33.4 Å². The van der Waals surface area contributed by atoms with Gasteiger partial charge in [-0.15, -0.1) is 0 Å². The summed E-state index contributed by atoms with van der Waals surface area (Å²) < 4.78 is 26.0. The van der Waals surface area contributed by atoms with Crippen molar-refractivity contribution in [3.05, 3.63) is 46.5 Å². The van der Waals surface area contributed by atoms with Gasteiger partial charge >= 0.3 is 13.5 Å². The SMILES string of the molecule is COCP(=O)(NC(C)(C(=O)O)C(C)C)Oc1c(C(C)C)cc(-c2cc(C(C)C)c(O)c([C@H](C)C3CC3)c2)cc1C(C)C. The molecule has 0 saturated heterocycles. The first-order chi connectivity index (χ1) is 19.5. The summed E-state index contributed by atoms with van der Waals surface area (Å²) in [7, 11) is -2.40. The number of phenolic OH excluding ortho intramolecular Hbond substituents is 1. The van der Waals surface area contributed by atoms with Crippen LogP contribution in [0.25, 0.3) is 11.1 Å². The van der Waals surface area contributed by atoms with Gasteiger partial charge in [0.25, 0.3) is 0 Å². The second-order valence-electron chi connectivity index (χ2n) is 13.5. The van der Waals surface area contributed by atoms with E-state index < -0.39 is 19.0 Å². The number of carbonyl (C=O) groups is 1. The molecule has 1 saturated carbocycles. The number of aliphatic carboxylic acids is 1. The van der Waals surface area contributed by atoms with Gasteiger partial charge in [-0.2, -0.15) is 0 Å². The Morgan fingerprint density at radius 2 is 1.36 bits per heavy atom. The number of carboxylic acids is 1. The van der Waals surface area contributed by atoms with Crippen molar-refractivity contribution in [2.24, 2.45) is 11.8 Å². The third-order valence-corrected chi connectivity index (χ3v) is 10.8. The molecule has 0 aromatic heterocycles. The van der Waals surface area contributed by atoms with Crippen LogP contribution in [0.4, 0.5) is 0 Å². The van der Waals surface area contributed by atoms with Gasteiger partial charge in [0.1, 0.15) is 23.4 Å². The van der Waals surface area contributed by atoms with Crippen molar-refractivity contribution < 1.29 is 28.8 Å². The molecule has 2 aromatic rings. The van der Waals surface area contributed by atoms with Crippen LogP contribution in [0.1, 0.15) is 128 Å². The number of carboxylic acid groups (broad SMARTS) is 1. The number of aromatic hydroxyl groups is 1. The molecule has 3 atom stereocenters. The van der Waals surface area contributed by atoms with Gasteiger partial charge in [0.15, 0.2) is 0 Å². The largest absolute Gasteiger partial charge is 0.507 e. The summed E-state index contributed by atoms with van der Waals surface area (Å²) in [6.45, 7) is 19.7. The summed E-state index contributed by atoms with van der Waals surface area (Å²) in [6.07, 6.45) is 2.10. The zero-order valence-electron chi connectivity index (χ0n) is 27.4. The Kier molecular flexibility index (Phi) is 10.7. The van der Waals surface area contributed by atoms with Crippen LogP contribution in [0, 0.1) is 11.8 Å². The molecule has 0 amide bonds. The maximum Gasteiger partial charge on any atom is 0.342 e. The van der Waals surface area contributed by atoms with Gasteiger partial charge in [-0.25, -0.2) is 5.09 Å². The van der Waals surface area contributed by atoms with Crippen LogP contribution in [0.15, 0.2) is 24.3 Å². The molecule has 42 heavy (non-hydrogen) atoms. The summed E-state index contributed by atoms with van der Waals surface area (Å²) >= 11 is 0. The molecule has 1 aliphatic rings. The molecule has 0 radical (unpaired) electrons. The van der Waals surface area contributed by atoms with Crippen molar-refractivity contribution in [1.82, 2.24) is 5.09 Å². The van der Waals surface area contributed by atoms with Crippen LogP contribution < -0.4 is 9.61 Å². The van der Waals surface area contributed by atoms with Crippen molar-refractivity contribution >= 4 is 13.5 Å². The van der Waals surface area contributed by atoms with Gasteiger partial charge in [-0.3, -0.25) is 9.36 Å². The maximum atomic E-state index is 14.3. The summed E-state index contributed by atoms with van der Waals surface area (Å²) in [4.78, 5) is 12.3. The van der Waals surface area contributed by atoms with Gasteiger partial charge in [0.2, 0.25) is 0 Å². The Bertz CT molecular complexity index is 1300. The average molecular weight is 602 g/mol. The molecule has 2 unspecified atom stereocenters. The maximum absolute atomic E-state index is 14.3. The third-order valence-electron chi connectivity index (χ3n) is 8.87. The van der Waals surface area contributed by atoms with Gasteiger partial charge in [-0.05, 0) is 113 Å². The van der Waals surface area contributed by atoms with E-state index >= 15 is 0 Å². The fraction of sp³-hybridized carbons (Fsp3) is 0.618. The number of hydrogen-bond acceptors (Lipinski definition) is 5. The first-order valence-corrected chi connectivity index (χ1v) is 17.1. The highest BCUT2D eigenvalue weighted by atomic mass is 31.2. The standard InChI is InChI=1S/C34H52NO6P/c1-19(2)27-14-25(17-30(31(27)36)23(9)24-12-13-24)26-15-28(20(3)4)32(29(16-26)21(5)6)41-42(39,18-40-11)35-34(10,22(7)8)33(37)38/h14-17,19-24,36H,12-13,18H2,1-11H3,(H,35,39)(H,37,38)/t23-,34?,42?/m1/s1. The van der Waals surface area contributed by atoms with E-state index in [1.165, 1.54) is 26.9 Å². The van der Waals surface area contributed by atoms with Crippen molar-refractivity contribution in [1.29, 1.82) is 0 Å². The highest BCUT2D eigenvalue weighted by molar-refractivity contribution is 7.57. The minimum atomic E-state index is -3.83. The average Bonchev–Trinajstić information content (AvgIpc) is 3.73. The van der Waals surface area contributed by atoms with Crippen molar-refractivity contribution in [2.75, 3.05) is 13.5 Å². The smallest absolute Gasteiger partial charge is 0.342 e. The van der Waals surface area contributed by atoms with Crippen molar-refractivity contribution in [3.8, 4) is 22.6 Å². The van der Waals surface area contributed by atoms with Crippen LogP contribution in [0.3, 0.4) is 0 Å². The lowest BCUT2D eigenvalue weighted by molar-refractivity contribution is -0.145. The lowest BCUT2D eigenvalue weighted by Gasteiger charge is -2.35. The fourth-order valence-corrected chi connectivity index (χ4v) is 7.54. The quantitative estimate of drug-likeness (QED) is 0.185. The molecule has 2 aromatic carbocycles. The highest BCUT2D eigenvalue weighted by Gasteiger charge is 2.44. The van der Waals surface area contributed by atoms with Gasteiger partial charge in [0.05, 0.1) is 0 Å². The van der Waals surface area contributed by atoms with E-state index in [-0.39, 0.29) is 35.9 Å². The van der Waals surface area contributed by atoms with E-state index in [4.69, 9.17) is 9.26 Å². The number of benzene rings is 2. The Balaban J connectivity index is 2.23. The molecule has 7 nitrogen and oxygen atoms in total. The number of ether oxygens (including phenoxy) is 1. The van der Waals surface area contributed by atoms with E-state index in [0.29, 0.717) is 17.4 Å². The Hall–Kier alpha value is -2.34. The summed E-state index contributed by atoms with van der Waals surface area (Å²) in [5.41, 5.74) is 4.24. The number of phenols is 1. The summed E-state index contributed by atoms with van der Waals surface area (Å²) in [5, 5.41) is 24.2. The van der Waals surface area contributed by atoms with E-state index in [2.05, 4.69) is 77.8 Å². The molecule has 0 spiro atoms. The Morgan fingerprint density at radius 3 is 1.74 bits per heavy atom. The summed E-state index contributed by atoms with van der Waals surface area (Å²) in [5.74, 6) is 0.512. The molecule has 3 rings (SSSR count). The normalized spacial score (nSPS) is 17.5. The second kappa shape index (κ2) is 13.1. The number of hydrogen-bond donors (Lipinski definition) is 3. The molecule has 234 valence electrons. The molecule has 8 heteroatoms. The van der Waals surface area contributed by atoms with Gasteiger partial charge in [-0.1, -0.05) is 62.3 Å². The third kappa shape index (κ3) is 7.23. The minimum Gasteiger partial charge on any atom is -0.507 e. The molecule has 0 heterocycles. The molecule has 0 bridgehead atoms. The molecule has 1 fully saturated rings. The zero-order chi connectivity index (χ0) is 31.7. The predicted octanol–water partition coefficient (Wildman–Crippen LogP) is 9.21. The molecular formula is C34H52NO6P. The topological polar surface area (TPSA) is 105 Å². The lowest BCUT2D eigenvalue weighted by Crippen LogP contribution is -2.52. The summed E-state index contributed by atoms with van der Waals surface area (Å²) in [6, 6.07) is 8.39. The molecule has 3 N–H and O–H groups in total. The van der Waals surface area contributed by atoms with Crippen LogP contribution in [-0.4, -0.2) is 35.2 Å². The van der Waals surface area contributed by atoms with E-state index in [1.54, 1.807) is 13.8 Å². The molecule has 0 aliphatic heterocycles. The van der Waals surface area contributed by atoms with Crippen LogP contribution in [0.5, 0.6) is 11.5 Å². The van der Waals surface area contributed by atoms with Crippen molar-refractivity contribution in [2.45, 2.75) is 111 Å². The number of rotatable bonds is 14. The lowest BCUT2D eigenvalue weighted by atomic mass is 9.85. The first-order valence-electron chi connectivity index (χ1n) is 15.3. The Labute approximate surface area is 252 Å². The van der Waals surface area contributed by atoms with E-state index in [1.807, 2.05) is 0 Å². The second-order valence-corrected chi connectivity index (χ2v) is 15.5. The van der Waals surface area contributed by atoms with Crippen molar-refractivity contribution in [3.63, 3.8) is 0 Å². The van der Waals surface area contributed by atoms with Crippen LogP contribution in [-0.2, 0) is 14.1 Å². The first kappa shape index (κ1) is 34.2. The fourth-order valence-electron chi connectivity index (χ4n) is 5.47. The monoisotopic (exact) mass is 601 g/mol. The van der Waals surface area contributed by atoms with Crippen LogP contribution in [0.2, 0.25) is 0 Å². The van der Waals surface area contributed by atoms with E-state index in [9.17, 15) is 19.6 Å². The van der Waals surface area contributed by atoms with Gasteiger partial charge in [0, 0.05) is 7.11 Å². The number of nitrogens with one attached hydrogen (secondary N) is 1. The molecule has 1 aliphatic carbocycles. The van der Waals surface area contributed by atoms with Crippen LogP contribution >= 0.6 is 7.52 Å². The van der Waals surface area contributed by atoms with Gasteiger partial charge < -0.3 is 19.5 Å². The highest BCUT2D eigenvalue weighted by Crippen LogP contribution is 2.52. The Morgan fingerprint density at radius 1 is 0.905 bits per heavy atom. The minimum absolute atomic E-state index is 0.0240. The predicted molar refractivity (Wildman–Crippen MR) is 171 cm³/mol. The molecular weight excluding hydrogens is 549 g/mol. The zero-order valence-corrected chi connectivity index (χ0v) is 28.3.